The van der Waals surface area contributed by atoms with E-state index in [4.69, 9.17) is 0 Å². The molecule has 0 unspecified atom stereocenters. The topological polar surface area (TPSA) is 3.24 Å². The normalized spacial score (nSPS) is 13.3. The fraction of sp³-hybridized carbons (Fsp3) is 0.0638. The molecule has 8 aromatic carbocycles. The molecule has 1 aliphatic carbocycles. The highest BCUT2D eigenvalue weighted by atomic mass is 32.1. The third-order valence-electron chi connectivity index (χ3n) is 10.6. The van der Waals surface area contributed by atoms with Crippen molar-refractivity contribution in [2.45, 2.75) is 19.3 Å². The number of anilines is 3. The van der Waals surface area contributed by atoms with Crippen LogP contribution in [0.3, 0.4) is 0 Å². The number of rotatable bonds is 4. The van der Waals surface area contributed by atoms with Crippen molar-refractivity contribution in [3.63, 3.8) is 0 Å². The van der Waals surface area contributed by atoms with Gasteiger partial charge in [0, 0.05) is 42.6 Å². The van der Waals surface area contributed by atoms with E-state index in [2.05, 4.69) is 183 Å². The van der Waals surface area contributed by atoms with Gasteiger partial charge in [0.1, 0.15) is 0 Å². The van der Waals surface area contributed by atoms with E-state index in [0.717, 1.165) is 17.1 Å². The Morgan fingerprint density at radius 2 is 1.14 bits per heavy atom. The molecule has 1 aromatic heterocycles. The van der Waals surface area contributed by atoms with Crippen molar-refractivity contribution >= 4 is 70.1 Å². The molecule has 49 heavy (non-hydrogen) atoms. The SMILES string of the molecule is CC1(C)c2ccccc2-c2ccc(N(c3cccc(-c4ccc5ccccc5c4)c3)c3ccc4c(ccc5sc6ccccc6c54)c3)cc21. The van der Waals surface area contributed by atoms with Crippen molar-refractivity contribution in [1.29, 1.82) is 0 Å². The molecule has 1 aliphatic rings. The summed E-state index contributed by atoms with van der Waals surface area (Å²) in [5.74, 6) is 0. The summed E-state index contributed by atoms with van der Waals surface area (Å²) >= 11 is 1.88. The number of hydrogen-bond acceptors (Lipinski definition) is 2. The molecule has 0 amide bonds. The van der Waals surface area contributed by atoms with E-state index >= 15 is 0 Å². The molecule has 10 rings (SSSR count). The van der Waals surface area contributed by atoms with Crippen molar-refractivity contribution in [2.24, 2.45) is 0 Å². The number of hydrogen-bond donors (Lipinski definition) is 0. The highest BCUT2D eigenvalue weighted by Gasteiger charge is 2.35. The van der Waals surface area contributed by atoms with Crippen LogP contribution < -0.4 is 4.90 Å². The molecule has 0 atom stereocenters. The van der Waals surface area contributed by atoms with Crippen LogP contribution in [-0.4, -0.2) is 0 Å². The lowest BCUT2D eigenvalue weighted by Gasteiger charge is -2.29. The number of nitrogens with zero attached hydrogens (tertiary/aromatic N) is 1. The first-order valence-corrected chi connectivity index (χ1v) is 17.8. The van der Waals surface area contributed by atoms with Gasteiger partial charge in [-0.1, -0.05) is 123 Å². The standard InChI is InChI=1S/C47H33NS/c1-47(2)42-16-7-5-14-39(42)40-24-22-37(29-43(40)47)48(35-13-9-12-32(27-35)33-19-18-30-10-3-4-11-31(30)26-33)36-21-23-38-34(28-36)20-25-45-46(38)41-15-6-8-17-44(41)49-45/h3-29H,1-2H3. The van der Waals surface area contributed by atoms with Crippen molar-refractivity contribution in [3.8, 4) is 22.3 Å². The Labute approximate surface area is 290 Å². The first-order valence-electron chi connectivity index (χ1n) is 17.0. The van der Waals surface area contributed by atoms with Gasteiger partial charge in [0.2, 0.25) is 0 Å². The molecule has 1 heterocycles. The number of benzene rings is 8. The monoisotopic (exact) mass is 643 g/mol. The van der Waals surface area contributed by atoms with Gasteiger partial charge in [0.25, 0.3) is 0 Å². The predicted molar refractivity (Wildman–Crippen MR) is 212 cm³/mol. The second-order valence-electron chi connectivity index (χ2n) is 13.8. The number of fused-ring (bicyclic) bond motifs is 9. The van der Waals surface area contributed by atoms with Crippen molar-refractivity contribution in [2.75, 3.05) is 4.90 Å². The van der Waals surface area contributed by atoms with Gasteiger partial charge >= 0.3 is 0 Å². The Morgan fingerprint density at radius 1 is 0.429 bits per heavy atom. The molecular formula is C47H33NS. The minimum atomic E-state index is -0.0878. The van der Waals surface area contributed by atoms with Crippen LogP contribution in [0, 0.1) is 0 Å². The summed E-state index contributed by atoms with van der Waals surface area (Å²) < 4.78 is 2.67. The first-order chi connectivity index (χ1) is 24.0. The third kappa shape index (κ3) is 4.38. The van der Waals surface area contributed by atoms with E-state index in [1.54, 1.807) is 0 Å². The summed E-state index contributed by atoms with van der Waals surface area (Å²) in [6.07, 6.45) is 0. The molecule has 0 N–H and O–H groups in total. The molecule has 0 aliphatic heterocycles. The summed E-state index contributed by atoms with van der Waals surface area (Å²) in [5.41, 5.74) is 11.2. The van der Waals surface area contributed by atoms with Gasteiger partial charge in [0.05, 0.1) is 0 Å². The van der Waals surface area contributed by atoms with Gasteiger partial charge in [-0.05, 0) is 110 Å². The zero-order valence-corrected chi connectivity index (χ0v) is 28.3. The maximum atomic E-state index is 2.44. The minimum absolute atomic E-state index is 0.0878. The van der Waals surface area contributed by atoms with Crippen molar-refractivity contribution < 1.29 is 0 Å². The van der Waals surface area contributed by atoms with Crippen LogP contribution in [-0.2, 0) is 5.41 Å². The molecule has 232 valence electrons. The van der Waals surface area contributed by atoms with Gasteiger partial charge in [-0.25, -0.2) is 0 Å². The van der Waals surface area contributed by atoms with Crippen LogP contribution in [0.5, 0.6) is 0 Å². The molecule has 0 bridgehead atoms. The van der Waals surface area contributed by atoms with Crippen LogP contribution in [0.25, 0.3) is 64.0 Å². The summed E-state index contributed by atoms with van der Waals surface area (Å²) in [7, 11) is 0. The Bertz CT molecular complexity index is 2770. The zero-order chi connectivity index (χ0) is 32.7. The average molecular weight is 644 g/mol. The molecule has 1 nitrogen and oxygen atoms in total. The molecule has 2 heteroatoms. The molecular weight excluding hydrogens is 611 g/mol. The third-order valence-corrected chi connectivity index (χ3v) is 11.7. The lowest BCUT2D eigenvalue weighted by Crippen LogP contribution is -2.16. The summed E-state index contributed by atoms with van der Waals surface area (Å²) in [6.45, 7) is 4.72. The van der Waals surface area contributed by atoms with Crippen LogP contribution in [0.2, 0.25) is 0 Å². The van der Waals surface area contributed by atoms with E-state index < -0.39 is 0 Å². The zero-order valence-electron chi connectivity index (χ0n) is 27.4. The predicted octanol–water partition coefficient (Wildman–Crippen LogP) is 13.8. The van der Waals surface area contributed by atoms with Crippen LogP contribution in [0.4, 0.5) is 17.1 Å². The lowest BCUT2D eigenvalue weighted by molar-refractivity contribution is 0.660. The Balaban J connectivity index is 1.17. The maximum absolute atomic E-state index is 2.44. The molecule has 0 spiro atoms. The van der Waals surface area contributed by atoms with E-state index in [9.17, 15) is 0 Å². The van der Waals surface area contributed by atoms with Gasteiger partial charge in [-0.2, -0.15) is 0 Å². The molecule has 0 saturated carbocycles. The van der Waals surface area contributed by atoms with Gasteiger partial charge < -0.3 is 4.90 Å². The van der Waals surface area contributed by atoms with E-state index in [-0.39, 0.29) is 5.41 Å². The number of thiophene rings is 1. The fourth-order valence-corrected chi connectivity index (χ4v) is 9.27. The highest BCUT2D eigenvalue weighted by molar-refractivity contribution is 7.26. The Hall–Kier alpha value is -5.70. The average Bonchev–Trinajstić information content (AvgIpc) is 3.64. The van der Waals surface area contributed by atoms with Crippen molar-refractivity contribution in [1.82, 2.24) is 0 Å². The lowest BCUT2D eigenvalue weighted by atomic mass is 9.82. The maximum Gasteiger partial charge on any atom is 0.0468 e. The molecule has 0 saturated heterocycles. The van der Waals surface area contributed by atoms with Crippen LogP contribution in [0.1, 0.15) is 25.0 Å². The van der Waals surface area contributed by atoms with Crippen LogP contribution in [0.15, 0.2) is 164 Å². The smallest absolute Gasteiger partial charge is 0.0468 e. The van der Waals surface area contributed by atoms with E-state index in [1.165, 1.54) is 75.1 Å². The highest BCUT2D eigenvalue weighted by Crippen LogP contribution is 2.51. The van der Waals surface area contributed by atoms with Crippen LogP contribution >= 0.6 is 11.3 Å². The summed E-state index contributed by atoms with van der Waals surface area (Å²) in [6, 6.07) is 60.7. The largest absolute Gasteiger partial charge is 0.310 e. The second kappa shape index (κ2) is 10.7. The summed E-state index contributed by atoms with van der Waals surface area (Å²) in [5, 5.41) is 7.75. The quantitative estimate of drug-likeness (QED) is 0.184. The minimum Gasteiger partial charge on any atom is -0.310 e. The first kappa shape index (κ1) is 28.3. The Kier molecular flexibility index (Phi) is 6.16. The van der Waals surface area contributed by atoms with Gasteiger partial charge in [0.15, 0.2) is 0 Å². The Morgan fingerprint density at radius 3 is 2.08 bits per heavy atom. The van der Waals surface area contributed by atoms with Gasteiger partial charge in [-0.3, -0.25) is 0 Å². The molecule has 9 aromatic rings. The van der Waals surface area contributed by atoms with Gasteiger partial charge in [-0.15, -0.1) is 11.3 Å². The van der Waals surface area contributed by atoms with E-state index in [0.29, 0.717) is 0 Å². The van der Waals surface area contributed by atoms with E-state index in [1.807, 2.05) is 11.3 Å². The van der Waals surface area contributed by atoms with Crippen molar-refractivity contribution in [3.05, 3.63) is 175 Å². The fourth-order valence-electron chi connectivity index (χ4n) is 8.15. The summed E-state index contributed by atoms with van der Waals surface area (Å²) in [4.78, 5) is 2.44. The second-order valence-corrected chi connectivity index (χ2v) is 14.9. The molecule has 0 fully saturated rings. The molecule has 0 radical (unpaired) electrons.